The minimum absolute atomic E-state index is 0.0532. The number of hydrogen-bond donors (Lipinski definition) is 2. The fourth-order valence-corrected chi connectivity index (χ4v) is 2.23. The van der Waals surface area contributed by atoms with Crippen LogP contribution in [0.15, 0.2) is 17.5 Å². The molecular formula is C9H14N2S. The van der Waals surface area contributed by atoms with Crippen LogP contribution in [0.1, 0.15) is 23.8 Å². The molecule has 2 nitrogen and oxygen atoms in total. The van der Waals surface area contributed by atoms with Crippen molar-refractivity contribution in [3.05, 3.63) is 22.4 Å². The molecule has 3 heteroatoms. The van der Waals surface area contributed by atoms with Gasteiger partial charge >= 0.3 is 0 Å². The van der Waals surface area contributed by atoms with Gasteiger partial charge in [-0.05, 0) is 30.2 Å². The van der Waals surface area contributed by atoms with Crippen LogP contribution in [0, 0.1) is 5.92 Å². The number of thiophene rings is 1. The minimum Gasteiger partial charge on any atom is -0.326 e. The summed E-state index contributed by atoms with van der Waals surface area (Å²) in [6, 6.07) is 4.32. The molecule has 2 rings (SSSR count). The molecule has 1 aliphatic carbocycles. The molecule has 0 amide bonds. The molecular weight excluding hydrogens is 168 g/mol. The van der Waals surface area contributed by atoms with Crippen LogP contribution in [0.5, 0.6) is 0 Å². The number of nitrogens with two attached hydrogens (primary N) is 2. The summed E-state index contributed by atoms with van der Waals surface area (Å²) in [4.78, 5) is 1.22. The molecule has 1 aromatic rings. The van der Waals surface area contributed by atoms with Crippen LogP contribution in [-0.4, -0.2) is 6.04 Å². The Kier molecular flexibility index (Phi) is 2.17. The predicted molar refractivity (Wildman–Crippen MR) is 51.9 cm³/mol. The van der Waals surface area contributed by atoms with Gasteiger partial charge in [-0.1, -0.05) is 6.07 Å². The summed E-state index contributed by atoms with van der Waals surface area (Å²) in [5.74, 6) is 0.682. The standard InChI is InChI=1S/C9H14N2S/c10-8(6-3-4-6)9(11)7-2-1-5-12-7/h1-2,5-6,8-9H,3-4,10-11H2. The Bertz CT molecular complexity index is 241. The fraction of sp³-hybridized carbons (Fsp3) is 0.556. The van der Waals surface area contributed by atoms with Gasteiger partial charge in [-0.3, -0.25) is 0 Å². The predicted octanol–water partition coefficient (Wildman–Crippen LogP) is 1.49. The third-order valence-corrected chi connectivity index (χ3v) is 3.43. The van der Waals surface area contributed by atoms with E-state index >= 15 is 0 Å². The molecule has 0 saturated heterocycles. The fourth-order valence-electron chi connectivity index (χ4n) is 1.44. The van der Waals surface area contributed by atoms with Crippen LogP contribution in [-0.2, 0) is 0 Å². The normalized spacial score (nSPS) is 22.2. The highest BCUT2D eigenvalue weighted by molar-refractivity contribution is 7.10. The van der Waals surface area contributed by atoms with Crippen molar-refractivity contribution in [2.24, 2.45) is 17.4 Å². The second kappa shape index (κ2) is 3.17. The Morgan fingerprint density at radius 3 is 2.67 bits per heavy atom. The Morgan fingerprint density at radius 1 is 1.42 bits per heavy atom. The zero-order valence-electron chi connectivity index (χ0n) is 6.94. The third-order valence-electron chi connectivity index (χ3n) is 2.45. The maximum atomic E-state index is 6.01. The Morgan fingerprint density at radius 2 is 2.17 bits per heavy atom. The quantitative estimate of drug-likeness (QED) is 0.744. The molecule has 2 atom stereocenters. The van der Waals surface area contributed by atoms with Gasteiger partial charge in [0, 0.05) is 10.9 Å². The lowest BCUT2D eigenvalue weighted by molar-refractivity contribution is 0.499. The molecule has 0 aliphatic heterocycles. The molecule has 0 radical (unpaired) electrons. The van der Waals surface area contributed by atoms with Gasteiger partial charge in [0.2, 0.25) is 0 Å². The van der Waals surface area contributed by atoms with E-state index in [1.54, 1.807) is 11.3 Å². The van der Waals surface area contributed by atoms with Crippen molar-refractivity contribution in [2.45, 2.75) is 24.9 Å². The van der Waals surface area contributed by atoms with Crippen LogP contribution < -0.4 is 11.5 Å². The van der Waals surface area contributed by atoms with Gasteiger partial charge in [-0.15, -0.1) is 11.3 Å². The number of hydrogen-bond acceptors (Lipinski definition) is 3. The Hall–Kier alpha value is -0.380. The molecule has 1 aromatic heterocycles. The van der Waals surface area contributed by atoms with Crippen LogP contribution in [0.25, 0.3) is 0 Å². The first kappa shape index (κ1) is 8.23. The third kappa shape index (κ3) is 1.53. The van der Waals surface area contributed by atoms with E-state index in [1.165, 1.54) is 17.7 Å². The molecule has 4 N–H and O–H groups in total. The van der Waals surface area contributed by atoms with Gasteiger partial charge in [0.15, 0.2) is 0 Å². The van der Waals surface area contributed by atoms with Crippen molar-refractivity contribution in [3.63, 3.8) is 0 Å². The highest BCUT2D eigenvalue weighted by Crippen LogP contribution is 2.36. The van der Waals surface area contributed by atoms with E-state index in [9.17, 15) is 0 Å². The van der Waals surface area contributed by atoms with E-state index in [1.807, 2.05) is 6.07 Å². The van der Waals surface area contributed by atoms with Crippen LogP contribution >= 0.6 is 11.3 Å². The summed E-state index contributed by atoms with van der Waals surface area (Å²) >= 11 is 1.70. The first-order valence-corrected chi connectivity index (χ1v) is 5.21. The monoisotopic (exact) mass is 182 g/mol. The minimum atomic E-state index is 0.0532. The van der Waals surface area contributed by atoms with E-state index in [0.717, 1.165) is 0 Å². The highest BCUT2D eigenvalue weighted by atomic mass is 32.1. The van der Waals surface area contributed by atoms with Crippen molar-refractivity contribution < 1.29 is 0 Å². The zero-order valence-corrected chi connectivity index (χ0v) is 7.76. The van der Waals surface area contributed by atoms with E-state index in [2.05, 4.69) is 11.4 Å². The van der Waals surface area contributed by atoms with Crippen LogP contribution in [0.4, 0.5) is 0 Å². The SMILES string of the molecule is NC(c1cccs1)C(N)C1CC1. The van der Waals surface area contributed by atoms with Gasteiger partial charge < -0.3 is 11.5 Å². The molecule has 12 heavy (non-hydrogen) atoms. The molecule has 1 fully saturated rings. The maximum absolute atomic E-state index is 6.01. The Labute approximate surface area is 76.6 Å². The van der Waals surface area contributed by atoms with Crippen molar-refractivity contribution in [1.29, 1.82) is 0 Å². The van der Waals surface area contributed by atoms with Crippen LogP contribution in [0.2, 0.25) is 0 Å². The molecule has 1 heterocycles. The van der Waals surface area contributed by atoms with Gasteiger partial charge in [0.1, 0.15) is 0 Å². The first-order chi connectivity index (χ1) is 5.79. The smallest absolute Gasteiger partial charge is 0.0546 e. The van der Waals surface area contributed by atoms with Crippen LogP contribution in [0.3, 0.4) is 0 Å². The second-order valence-corrected chi connectivity index (χ2v) is 4.44. The molecule has 0 aromatic carbocycles. The van der Waals surface area contributed by atoms with Gasteiger partial charge in [0.05, 0.1) is 6.04 Å². The summed E-state index contributed by atoms with van der Waals surface area (Å²) in [7, 11) is 0. The van der Waals surface area contributed by atoms with Crippen molar-refractivity contribution in [3.8, 4) is 0 Å². The molecule has 66 valence electrons. The zero-order chi connectivity index (χ0) is 8.55. The van der Waals surface area contributed by atoms with Gasteiger partial charge in [-0.25, -0.2) is 0 Å². The Balaban J connectivity index is 2.03. The van der Waals surface area contributed by atoms with E-state index in [4.69, 9.17) is 11.5 Å². The topological polar surface area (TPSA) is 52.0 Å². The summed E-state index contributed by atoms with van der Waals surface area (Å²) < 4.78 is 0. The van der Waals surface area contributed by atoms with Crippen molar-refractivity contribution in [1.82, 2.24) is 0 Å². The lowest BCUT2D eigenvalue weighted by Crippen LogP contribution is -2.35. The average Bonchev–Trinajstić information content (AvgIpc) is 2.79. The first-order valence-electron chi connectivity index (χ1n) is 4.33. The van der Waals surface area contributed by atoms with Gasteiger partial charge in [0.25, 0.3) is 0 Å². The largest absolute Gasteiger partial charge is 0.326 e. The summed E-state index contributed by atoms with van der Waals surface area (Å²) in [6.07, 6.45) is 2.53. The van der Waals surface area contributed by atoms with E-state index in [0.29, 0.717) is 5.92 Å². The lowest BCUT2D eigenvalue weighted by atomic mass is 10.0. The summed E-state index contributed by atoms with van der Waals surface area (Å²) in [6.45, 7) is 0. The molecule has 0 bridgehead atoms. The highest BCUT2D eigenvalue weighted by Gasteiger charge is 2.33. The number of rotatable bonds is 3. The van der Waals surface area contributed by atoms with E-state index < -0.39 is 0 Å². The second-order valence-electron chi connectivity index (χ2n) is 3.46. The summed E-state index contributed by atoms with van der Waals surface area (Å²) in [5.41, 5.74) is 12.0. The maximum Gasteiger partial charge on any atom is 0.0546 e. The molecule has 1 aliphatic rings. The van der Waals surface area contributed by atoms with E-state index in [-0.39, 0.29) is 12.1 Å². The molecule has 1 saturated carbocycles. The van der Waals surface area contributed by atoms with Crippen molar-refractivity contribution >= 4 is 11.3 Å². The summed E-state index contributed by atoms with van der Waals surface area (Å²) in [5, 5.41) is 2.05. The lowest BCUT2D eigenvalue weighted by Gasteiger charge is -2.17. The average molecular weight is 182 g/mol. The van der Waals surface area contributed by atoms with Crippen molar-refractivity contribution in [2.75, 3.05) is 0 Å². The molecule has 0 spiro atoms. The molecule has 2 unspecified atom stereocenters. The van der Waals surface area contributed by atoms with Gasteiger partial charge in [-0.2, -0.15) is 0 Å².